The molecule has 2 N–H and O–H groups in total. The summed E-state index contributed by atoms with van der Waals surface area (Å²) in [5.74, 6) is -0.432. The number of carbonyl (C=O) groups excluding carboxylic acids is 3. The topological polar surface area (TPSA) is 115 Å². The maximum absolute atomic E-state index is 12.5. The highest BCUT2D eigenvalue weighted by molar-refractivity contribution is 7.99. The summed E-state index contributed by atoms with van der Waals surface area (Å²) in [6.45, 7) is 5.33. The van der Waals surface area contributed by atoms with Crippen molar-refractivity contribution in [3.05, 3.63) is 70.5 Å². The highest BCUT2D eigenvalue weighted by Gasteiger charge is 2.20. The van der Waals surface area contributed by atoms with Gasteiger partial charge in [0.2, 0.25) is 5.91 Å². The molecule has 0 bridgehead atoms. The summed E-state index contributed by atoms with van der Waals surface area (Å²) in [5, 5.41) is 14.8. The van der Waals surface area contributed by atoms with Crippen LogP contribution in [-0.2, 0) is 16.6 Å². The quantitative estimate of drug-likeness (QED) is 0.323. The number of anilines is 1. The first-order valence-electron chi connectivity index (χ1n) is 10.8. The molecule has 0 saturated carbocycles. The average Bonchev–Trinajstić information content (AvgIpc) is 3.18. The van der Waals surface area contributed by atoms with Crippen LogP contribution in [0.1, 0.15) is 53.4 Å². The van der Waals surface area contributed by atoms with Crippen LogP contribution < -0.4 is 10.6 Å². The number of hydrogen-bond acceptors (Lipinski definition) is 7. The second kappa shape index (κ2) is 11.9. The number of aromatic nitrogens is 3. The number of amides is 2. The van der Waals surface area contributed by atoms with Crippen LogP contribution in [0.4, 0.5) is 5.69 Å². The van der Waals surface area contributed by atoms with Crippen molar-refractivity contribution in [1.82, 2.24) is 20.1 Å². The molecule has 0 aliphatic rings. The molecule has 0 aliphatic carbocycles. The van der Waals surface area contributed by atoms with Crippen molar-refractivity contribution in [3.63, 3.8) is 0 Å². The van der Waals surface area contributed by atoms with Crippen LogP contribution >= 0.6 is 23.4 Å². The lowest BCUT2D eigenvalue weighted by Gasteiger charge is -2.14. The van der Waals surface area contributed by atoms with E-state index in [9.17, 15) is 14.4 Å². The van der Waals surface area contributed by atoms with Crippen molar-refractivity contribution in [2.24, 2.45) is 7.05 Å². The Kier molecular flexibility index (Phi) is 8.89. The van der Waals surface area contributed by atoms with E-state index in [1.165, 1.54) is 11.8 Å². The fourth-order valence-corrected chi connectivity index (χ4v) is 4.09. The number of hydrogen-bond donors (Lipinski definition) is 2. The van der Waals surface area contributed by atoms with Crippen molar-refractivity contribution >= 4 is 46.8 Å². The molecule has 3 aromatic rings. The SMILES string of the molecule is CC(C)OC(=O)c1cccc(NC(=O)CSc2nnc([C@@H](C)NC(=O)c3ccccc3Cl)n2C)c1. The van der Waals surface area contributed by atoms with Gasteiger partial charge < -0.3 is 19.9 Å². The first-order valence-corrected chi connectivity index (χ1v) is 12.2. The number of rotatable bonds is 9. The number of carbonyl (C=O) groups is 3. The van der Waals surface area contributed by atoms with Crippen LogP contribution in [0.25, 0.3) is 0 Å². The Bertz CT molecular complexity index is 1230. The molecule has 1 aromatic heterocycles. The van der Waals surface area contributed by atoms with Crippen molar-refractivity contribution < 1.29 is 19.1 Å². The Morgan fingerprint density at radius 3 is 2.54 bits per heavy atom. The van der Waals surface area contributed by atoms with Crippen molar-refractivity contribution in [2.45, 2.75) is 38.1 Å². The van der Waals surface area contributed by atoms with Crippen LogP contribution in [0.2, 0.25) is 5.02 Å². The van der Waals surface area contributed by atoms with E-state index in [0.717, 1.165) is 0 Å². The van der Waals surface area contributed by atoms with E-state index < -0.39 is 12.0 Å². The molecule has 0 saturated heterocycles. The molecule has 1 atom stereocenters. The van der Waals surface area contributed by atoms with E-state index in [0.29, 0.717) is 32.8 Å². The van der Waals surface area contributed by atoms with E-state index in [2.05, 4.69) is 20.8 Å². The fraction of sp³-hybridized carbons (Fsp3) is 0.292. The summed E-state index contributed by atoms with van der Waals surface area (Å²) < 4.78 is 6.91. The largest absolute Gasteiger partial charge is 0.459 e. The van der Waals surface area contributed by atoms with Crippen molar-refractivity contribution in [1.29, 1.82) is 0 Å². The first kappa shape index (κ1) is 26.2. The van der Waals surface area contributed by atoms with Gasteiger partial charge in [0.05, 0.1) is 34.0 Å². The highest BCUT2D eigenvalue weighted by atomic mass is 35.5. The van der Waals surface area contributed by atoms with Gasteiger partial charge in [0.25, 0.3) is 5.91 Å². The first-order chi connectivity index (χ1) is 16.7. The van der Waals surface area contributed by atoms with E-state index in [1.54, 1.807) is 80.9 Å². The standard InChI is InChI=1S/C24H26ClN5O4S/c1-14(2)34-23(33)16-8-7-9-17(12-16)27-20(31)13-35-24-29-28-21(30(24)4)15(3)26-22(32)18-10-5-6-11-19(18)25/h5-12,14-15H,13H2,1-4H3,(H,26,32)(H,27,31)/t15-/m1/s1. The van der Waals surface area contributed by atoms with Gasteiger partial charge in [-0.15, -0.1) is 10.2 Å². The van der Waals surface area contributed by atoms with Gasteiger partial charge in [-0.05, 0) is 51.1 Å². The van der Waals surface area contributed by atoms with Gasteiger partial charge in [-0.3, -0.25) is 9.59 Å². The van der Waals surface area contributed by atoms with Gasteiger partial charge in [0.1, 0.15) is 0 Å². The molecule has 2 aromatic carbocycles. The zero-order valence-corrected chi connectivity index (χ0v) is 21.3. The van der Waals surface area contributed by atoms with Crippen LogP contribution in [0.3, 0.4) is 0 Å². The van der Waals surface area contributed by atoms with Crippen LogP contribution in [0, 0.1) is 0 Å². The number of ether oxygens (including phenoxy) is 1. The van der Waals surface area contributed by atoms with Gasteiger partial charge in [-0.1, -0.05) is 41.6 Å². The van der Waals surface area contributed by atoms with Crippen LogP contribution in [-0.4, -0.2) is 44.4 Å². The lowest BCUT2D eigenvalue weighted by Crippen LogP contribution is -2.28. The summed E-state index contributed by atoms with van der Waals surface area (Å²) >= 11 is 7.30. The molecule has 11 heteroatoms. The zero-order chi connectivity index (χ0) is 25.5. The molecule has 0 aliphatic heterocycles. The summed E-state index contributed by atoms with van der Waals surface area (Å²) in [4.78, 5) is 37.1. The Labute approximate surface area is 212 Å². The summed E-state index contributed by atoms with van der Waals surface area (Å²) in [6.07, 6.45) is -0.236. The molecule has 1 heterocycles. The molecule has 3 rings (SSSR count). The van der Waals surface area contributed by atoms with E-state index in [4.69, 9.17) is 16.3 Å². The van der Waals surface area contributed by atoms with Gasteiger partial charge in [-0.2, -0.15) is 0 Å². The Balaban J connectivity index is 1.57. The predicted molar refractivity (Wildman–Crippen MR) is 135 cm³/mol. The molecule has 0 fully saturated rings. The number of esters is 1. The highest BCUT2D eigenvalue weighted by Crippen LogP contribution is 2.21. The van der Waals surface area contributed by atoms with Gasteiger partial charge in [-0.25, -0.2) is 4.79 Å². The minimum absolute atomic E-state index is 0.0764. The monoisotopic (exact) mass is 515 g/mol. The lowest BCUT2D eigenvalue weighted by atomic mass is 10.2. The number of benzene rings is 2. The maximum atomic E-state index is 12.5. The summed E-state index contributed by atoms with van der Waals surface area (Å²) in [6, 6.07) is 12.9. The number of halogens is 1. The lowest BCUT2D eigenvalue weighted by molar-refractivity contribution is -0.113. The molecule has 184 valence electrons. The molecular formula is C24H26ClN5O4S. The predicted octanol–water partition coefficient (Wildman–Crippen LogP) is 4.26. The zero-order valence-electron chi connectivity index (χ0n) is 19.7. The Hall–Kier alpha value is -3.37. The molecule has 0 unspecified atom stereocenters. The minimum Gasteiger partial charge on any atom is -0.459 e. The third-order valence-electron chi connectivity index (χ3n) is 4.78. The second-order valence-electron chi connectivity index (χ2n) is 7.95. The van der Waals surface area contributed by atoms with Crippen LogP contribution in [0.15, 0.2) is 53.7 Å². The number of nitrogens with zero attached hydrogens (tertiary/aromatic N) is 3. The molecule has 35 heavy (non-hydrogen) atoms. The number of nitrogens with one attached hydrogen (secondary N) is 2. The van der Waals surface area contributed by atoms with Gasteiger partial charge in [0, 0.05) is 12.7 Å². The normalized spacial score (nSPS) is 11.7. The summed E-state index contributed by atoms with van der Waals surface area (Å²) in [7, 11) is 1.76. The van der Waals surface area contributed by atoms with E-state index in [1.807, 2.05) is 0 Å². The smallest absolute Gasteiger partial charge is 0.338 e. The third kappa shape index (κ3) is 7.06. The van der Waals surface area contributed by atoms with Crippen molar-refractivity contribution in [3.8, 4) is 0 Å². The fourth-order valence-electron chi connectivity index (χ4n) is 3.15. The second-order valence-corrected chi connectivity index (χ2v) is 9.30. The minimum atomic E-state index is -0.451. The Morgan fingerprint density at radius 1 is 1.09 bits per heavy atom. The molecule has 9 nitrogen and oxygen atoms in total. The third-order valence-corrected chi connectivity index (χ3v) is 6.13. The van der Waals surface area contributed by atoms with E-state index in [-0.39, 0.29) is 23.7 Å². The molecule has 2 amide bonds. The number of thioether (sulfide) groups is 1. The maximum Gasteiger partial charge on any atom is 0.338 e. The Morgan fingerprint density at radius 2 is 1.83 bits per heavy atom. The van der Waals surface area contributed by atoms with Gasteiger partial charge in [0.15, 0.2) is 11.0 Å². The summed E-state index contributed by atoms with van der Waals surface area (Å²) in [5.41, 5.74) is 1.22. The molecule has 0 radical (unpaired) electrons. The van der Waals surface area contributed by atoms with Crippen molar-refractivity contribution in [2.75, 3.05) is 11.1 Å². The average molecular weight is 516 g/mol. The van der Waals surface area contributed by atoms with Gasteiger partial charge >= 0.3 is 5.97 Å². The molecular weight excluding hydrogens is 490 g/mol. The van der Waals surface area contributed by atoms with Crippen LogP contribution in [0.5, 0.6) is 0 Å². The van der Waals surface area contributed by atoms with E-state index >= 15 is 0 Å². The molecule has 0 spiro atoms.